The van der Waals surface area contributed by atoms with E-state index < -0.39 is 12.7 Å². The van der Waals surface area contributed by atoms with Gasteiger partial charge in [-0.15, -0.1) is 0 Å². The molecule has 1 aliphatic heterocycles. The fourth-order valence-electron chi connectivity index (χ4n) is 2.15. The Morgan fingerprint density at radius 1 is 1.00 bits per heavy atom. The van der Waals surface area contributed by atoms with Crippen molar-refractivity contribution in [2.75, 3.05) is 39.3 Å². The molecule has 1 aliphatic rings. The Bertz CT molecular complexity index is 208. The molecule has 0 aromatic heterocycles. The average molecular weight is 252 g/mol. The van der Waals surface area contributed by atoms with Gasteiger partial charge in [-0.1, -0.05) is 13.8 Å². The number of alkyl halides is 3. The predicted octanol–water partition coefficient (Wildman–Crippen LogP) is 2.60. The number of hydrogen-bond acceptors (Lipinski definition) is 2. The van der Waals surface area contributed by atoms with Gasteiger partial charge in [-0.3, -0.25) is 4.90 Å². The summed E-state index contributed by atoms with van der Waals surface area (Å²) >= 11 is 0. The average Bonchev–Trinajstić information content (AvgIpc) is 2.18. The molecule has 0 atom stereocenters. The highest BCUT2D eigenvalue weighted by molar-refractivity contribution is 4.73. The second-order valence-corrected chi connectivity index (χ2v) is 5.27. The quantitative estimate of drug-likeness (QED) is 0.742. The zero-order chi connectivity index (χ0) is 12.9. The van der Waals surface area contributed by atoms with Gasteiger partial charge >= 0.3 is 6.18 Å². The Morgan fingerprint density at radius 3 is 2.00 bits per heavy atom. The molecule has 0 unspecified atom stereocenters. The van der Waals surface area contributed by atoms with Crippen LogP contribution in [0.25, 0.3) is 0 Å². The van der Waals surface area contributed by atoms with E-state index in [0.717, 1.165) is 26.1 Å². The van der Waals surface area contributed by atoms with Gasteiger partial charge < -0.3 is 4.90 Å². The maximum atomic E-state index is 12.2. The molecule has 0 N–H and O–H groups in total. The maximum absolute atomic E-state index is 12.2. The number of rotatable bonds is 5. The SMILES string of the molecule is CC(C)CCCN1CCN(CC(F)(F)F)CC1. The molecular weight excluding hydrogens is 229 g/mol. The van der Waals surface area contributed by atoms with Crippen molar-refractivity contribution >= 4 is 0 Å². The lowest BCUT2D eigenvalue weighted by atomic mass is 10.1. The Labute approximate surface area is 102 Å². The lowest BCUT2D eigenvalue weighted by molar-refractivity contribution is -0.149. The summed E-state index contributed by atoms with van der Waals surface area (Å²) in [6.45, 7) is 7.29. The monoisotopic (exact) mass is 252 g/mol. The van der Waals surface area contributed by atoms with Crippen LogP contribution in [0, 0.1) is 5.92 Å². The third kappa shape index (κ3) is 6.88. The van der Waals surface area contributed by atoms with E-state index in [4.69, 9.17) is 0 Å². The van der Waals surface area contributed by atoms with Crippen molar-refractivity contribution in [3.05, 3.63) is 0 Å². The largest absolute Gasteiger partial charge is 0.401 e. The van der Waals surface area contributed by atoms with Crippen molar-refractivity contribution in [3.63, 3.8) is 0 Å². The first-order chi connectivity index (χ1) is 7.87. The van der Waals surface area contributed by atoms with Gasteiger partial charge in [0.15, 0.2) is 0 Å². The molecule has 0 saturated carbocycles. The second-order valence-electron chi connectivity index (χ2n) is 5.27. The van der Waals surface area contributed by atoms with Crippen LogP contribution in [0.15, 0.2) is 0 Å². The summed E-state index contributed by atoms with van der Waals surface area (Å²) in [4.78, 5) is 3.77. The highest BCUT2D eigenvalue weighted by atomic mass is 19.4. The van der Waals surface area contributed by atoms with Crippen LogP contribution < -0.4 is 0 Å². The van der Waals surface area contributed by atoms with Crippen LogP contribution in [0.3, 0.4) is 0 Å². The third-order valence-electron chi connectivity index (χ3n) is 3.12. The predicted molar refractivity (Wildman–Crippen MR) is 63.0 cm³/mol. The van der Waals surface area contributed by atoms with Gasteiger partial charge in [-0.2, -0.15) is 13.2 Å². The normalized spacial score (nSPS) is 20.1. The van der Waals surface area contributed by atoms with Crippen LogP contribution in [-0.2, 0) is 0 Å². The summed E-state index contributed by atoms with van der Waals surface area (Å²) in [6.07, 6.45) is -1.71. The molecule has 1 heterocycles. The zero-order valence-electron chi connectivity index (χ0n) is 10.8. The first-order valence-electron chi connectivity index (χ1n) is 6.38. The van der Waals surface area contributed by atoms with Gasteiger partial charge in [0, 0.05) is 26.2 Å². The highest BCUT2D eigenvalue weighted by Gasteiger charge is 2.31. The molecule has 0 aromatic rings. The molecule has 1 rings (SSSR count). The van der Waals surface area contributed by atoms with E-state index in [1.165, 1.54) is 11.3 Å². The first-order valence-corrected chi connectivity index (χ1v) is 6.38. The Kier molecular flexibility index (Phi) is 5.73. The van der Waals surface area contributed by atoms with Crippen LogP contribution in [0.1, 0.15) is 26.7 Å². The summed E-state index contributed by atoms with van der Waals surface area (Å²) in [6, 6.07) is 0. The number of piperazine rings is 1. The smallest absolute Gasteiger partial charge is 0.301 e. The van der Waals surface area contributed by atoms with Crippen LogP contribution in [0.4, 0.5) is 13.2 Å². The topological polar surface area (TPSA) is 6.48 Å². The van der Waals surface area contributed by atoms with E-state index in [0.29, 0.717) is 19.0 Å². The summed E-state index contributed by atoms with van der Waals surface area (Å²) in [5.74, 6) is 0.710. The van der Waals surface area contributed by atoms with E-state index in [-0.39, 0.29) is 0 Å². The Hall–Kier alpha value is -0.290. The van der Waals surface area contributed by atoms with E-state index >= 15 is 0 Å². The van der Waals surface area contributed by atoms with Gasteiger partial charge in [0.1, 0.15) is 0 Å². The number of hydrogen-bond donors (Lipinski definition) is 0. The van der Waals surface area contributed by atoms with Crippen LogP contribution in [0.5, 0.6) is 0 Å². The molecule has 5 heteroatoms. The summed E-state index contributed by atoms with van der Waals surface area (Å²) in [7, 11) is 0. The zero-order valence-corrected chi connectivity index (χ0v) is 10.8. The number of nitrogens with zero attached hydrogens (tertiary/aromatic N) is 2. The van der Waals surface area contributed by atoms with E-state index in [2.05, 4.69) is 18.7 Å². The van der Waals surface area contributed by atoms with Crippen molar-refractivity contribution in [1.82, 2.24) is 9.80 Å². The van der Waals surface area contributed by atoms with E-state index in [1.807, 2.05) is 0 Å². The summed E-state index contributed by atoms with van der Waals surface area (Å²) < 4.78 is 36.5. The van der Waals surface area contributed by atoms with Gasteiger partial charge in [-0.05, 0) is 25.3 Å². The molecule has 0 bridgehead atoms. The molecule has 17 heavy (non-hydrogen) atoms. The molecule has 0 radical (unpaired) electrons. The van der Waals surface area contributed by atoms with Crippen LogP contribution in [0.2, 0.25) is 0 Å². The highest BCUT2D eigenvalue weighted by Crippen LogP contribution is 2.17. The van der Waals surface area contributed by atoms with Crippen LogP contribution in [-0.4, -0.2) is 55.2 Å². The van der Waals surface area contributed by atoms with Gasteiger partial charge in [0.2, 0.25) is 0 Å². The minimum Gasteiger partial charge on any atom is -0.301 e. The minimum atomic E-state index is -4.06. The summed E-state index contributed by atoms with van der Waals surface area (Å²) in [5.41, 5.74) is 0. The lowest BCUT2D eigenvalue weighted by Gasteiger charge is -2.35. The minimum absolute atomic E-state index is 0.543. The van der Waals surface area contributed by atoms with Crippen molar-refractivity contribution in [3.8, 4) is 0 Å². The molecule has 0 aromatic carbocycles. The molecule has 0 aliphatic carbocycles. The molecule has 0 amide bonds. The molecular formula is C12H23F3N2. The fraction of sp³-hybridized carbons (Fsp3) is 1.00. The first kappa shape index (κ1) is 14.8. The molecule has 0 spiro atoms. The molecule has 1 fully saturated rings. The van der Waals surface area contributed by atoms with Gasteiger partial charge in [-0.25, -0.2) is 0 Å². The molecule has 2 nitrogen and oxygen atoms in total. The fourth-order valence-corrected chi connectivity index (χ4v) is 2.15. The van der Waals surface area contributed by atoms with Gasteiger partial charge in [0.25, 0.3) is 0 Å². The van der Waals surface area contributed by atoms with Crippen LogP contribution >= 0.6 is 0 Å². The molecule has 102 valence electrons. The lowest BCUT2D eigenvalue weighted by Crippen LogP contribution is -2.49. The Balaban J connectivity index is 2.13. The van der Waals surface area contributed by atoms with E-state index in [1.54, 1.807) is 0 Å². The van der Waals surface area contributed by atoms with Crippen molar-refractivity contribution in [1.29, 1.82) is 0 Å². The summed E-state index contributed by atoms with van der Waals surface area (Å²) in [5, 5.41) is 0. The maximum Gasteiger partial charge on any atom is 0.401 e. The Morgan fingerprint density at radius 2 is 1.53 bits per heavy atom. The number of halogens is 3. The van der Waals surface area contributed by atoms with Crippen molar-refractivity contribution in [2.45, 2.75) is 32.9 Å². The second kappa shape index (κ2) is 6.59. The van der Waals surface area contributed by atoms with E-state index in [9.17, 15) is 13.2 Å². The molecule has 1 saturated heterocycles. The van der Waals surface area contributed by atoms with Crippen molar-refractivity contribution < 1.29 is 13.2 Å². The standard InChI is InChI=1S/C12H23F3N2/c1-11(2)4-3-5-16-6-8-17(9-7-16)10-12(13,14)15/h11H,3-10H2,1-2H3. The van der Waals surface area contributed by atoms with Gasteiger partial charge in [0.05, 0.1) is 6.54 Å². The third-order valence-corrected chi connectivity index (χ3v) is 3.12. The van der Waals surface area contributed by atoms with Crippen molar-refractivity contribution in [2.24, 2.45) is 5.92 Å².